The van der Waals surface area contributed by atoms with E-state index in [1.165, 1.54) is 0 Å². The minimum atomic E-state index is 0.111. The standard InChI is InChI=1S/C10H19N3OS/c1-4-13(3)9(14)6-12-10-11-5-8(2)7-15-10/h8H,4-7H2,1-3H3,(H,11,12). The lowest BCUT2D eigenvalue weighted by Crippen LogP contribution is -2.38. The topological polar surface area (TPSA) is 44.7 Å². The third-order valence-corrected chi connectivity index (χ3v) is 3.62. The molecular weight excluding hydrogens is 210 g/mol. The van der Waals surface area contributed by atoms with E-state index >= 15 is 0 Å². The molecule has 1 atom stereocenters. The minimum Gasteiger partial charge on any atom is -0.356 e. The number of likely N-dealkylation sites (N-methyl/N-ethyl adjacent to an activating group) is 1. The van der Waals surface area contributed by atoms with Crippen molar-refractivity contribution in [2.45, 2.75) is 13.8 Å². The van der Waals surface area contributed by atoms with E-state index in [1.54, 1.807) is 16.7 Å². The number of hydrogen-bond acceptors (Lipinski definition) is 4. The number of carbonyl (C=O) groups excluding carboxylic acids is 1. The molecule has 1 aliphatic rings. The molecule has 1 heterocycles. The molecule has 1 rings (SSSR count). The van der Waals surface area contributed by atoms with Crippen LogP contribution in [0.4, 0.5) is 0 Å². The van der Waals surface area contributed by atoms with Gasteiger partial charge >= 0.3 is 0 Å². The van der Waals surface area contributed by atoms with Gasteiger partial charge in [0.05, 0.1) is 6.54 Å². The normalized spacial score (nSPS) is 20.7. The molecule has 0 bridgehead atoms. The van der Waals surface area contributed by atoms with Gasteiger partial charge in [0.2, 0.25) is 5.91 Å². The van der Waals surface area contributed by atoms with Crippen LogP contribution in [0.2, 0.25) is 0 Å². The van der Waals surface area contributed by atoms with E-state index in [0.29, 0.717) is 12.5 Å². The predicted octanol–water partition coefficient (Wildman–Crippen LogP) is 0.793. The zero-order valence-corrected chi connectivity index (χ0v) is 10.4. The fourth-order valence-electron chi connectivity index (χ4n) is 1.13. The Balaban J connectivity index is 2.28. The highest BCUT2D eigenvalue weighted by atomic mass is 32.2. The Morgan fingerprint density at radius 1 is 1.73 bits per heavy atom. The number of rotatable bonds is 3. The number of thioether (sulfide) groups is 1. The fraction of sp³-hybridized carbons (Fsp3) is 0.800. The second-order valence-corrected chi connectivity index (χ2v) is 4.83. The highest BCUT2D eigenvalue weighted by Crippen LogP contribution is 2.15. The Morgan fingerprint density at radius 3 is 3.00 bits per heavy atom. The summed E-state index contributed by atoms with van der Waals surface area (Å²) in [5, 5.41) is 3.99. The molecule has 0 radical (unpaired) electrons. The molecule has 0 aromatic heterocycles. The van der Waals surface area contributed by atoms with E-state index in [4.69, 9.17) is 0 Å². The number of amides is 1. The maximum absolute atomic E-state index is 11.5. The fourth-order valence-corrected chi connectivity index (χ4v) is 2.02. The highest BCUT2D eigenvalue weighted by molar-refractivity contribution is 8.13. The first kappa shape index (κ1) is 12.4. The van der Waals surface area contributed by atoms with Gasteiger partial charge in [-0.15, -0.1) is 0 Å². The van der Waals surface area contributed by atoms with Crippen LogP contribution in [0, 0.1) is 5.92 Å². The van der Waals surface area contributed by atoms with Crippen LogP contribution >= 0.6 is 11.8 Å². The van der Waals surface area contributed by atoms with Crippen molar-refractivity contribution in [1.29, 1.82) is 0 Å². The Bertz CT molecular complexity index is 255. The van der Waals surface area contributed by atoms with Crippen molar-refractivity contribution in [3.8, 4) is 0 Å². The molecular formula is C10H19N3OS. The van der Waals surface area contributed by atoms with Crippen LogP contribution in [-0.2, 0) is 4.79 Å². The van der Waals surface area contributed by atoms with Gasteiger partial charge in [0.1, 0.15) is 0 Å². The molecule has 1 aliphatic heterocycles. The van der Waals surface area contributed by atoms with Crippen LogP contribution in [0.5, 0.6) is 0 Å². The molecule has 4 nitrogen and oxygen atoms in total. The molecule has 86 valence electrons. The molecule has 5 heteroatoms. The zero-order chi connectivity index (χ0) is 11.3. The van der Waals surface area contributed by atoms with E-state index in [1.807, 2.05) is 14.0 Å². The number of nitrogens with zero attached hydrogens (tertiary/aromatic N) is 2. The third kappa shape index (κ3) is 4.11. The molecule has 0 saturated heterocycles. The quantitative estimate of drug-likeness (QED) is 0.778. The van der Waals surface area contributed by atoms with Crippen LogP contribution in [-0.4, -0.2) is 48.4 Å². The number of nitrogens with one attached hydrogen (secondary N) is 1. The van der Waals surface area contributed by atoms with Crippen molar-refractivity contribution in [2.24, 2.45) is 10.9 Å². The summed E-state index contributed by atoms with van der Waals surface area (Å²) in [7, 11) is 1.81. The molecule has 0 aromatic carbocycles. The smallest absolute Gasteiger partial charge is 0.241 e. The highest BCUT2D eigenvalue weighted by Gasteiger charge is 2.13. The van der Waals surface area contributed by atoms with Crippen molar-refractivity contribution in [3.05, 3.63) is 0 Å². The Morgan fingerprint density at radius 2 is 2.47 bits per heavy atom. The molecule has 0 spiro atoms. The van der Waals surface area contributed by atoms with Gasteiger partial charge < -0.3 is 10.2 Å². The van der Waals surface area contributed by atoms with Gasteiger partial charge in [0.25, 0.3) is 0 Å². The summed E-state index contributed by atoms with van der Waals surface area (Å²) in [5.74, 6) is 1.85. The van der Waals surface area contributed by atoms with E-state index in [0.717, 1.165) is 24.0 Å². The molecule has 0 fully saturated rings. The lowest BCUT2D eigenvalue weighted by molar-refractivity contribution is -0.128. The maximum atomic E-state index is 11.5. The lowest BCUT2D eigenvalue weighted by Gasteiger charge is -2.19. The van der Waals surface area contributed by atoms with Crippen molar-refractivity contribution in [2.75, 3.05) is 32.4 Å². The summed E-state index contributed by atoms with van der Waals surface area (Å²) < 4.78 is 0. The SMILES string of the molecule is CCN(C)C(=O)CNC1=NCC(C)CS1. The number of carbonyl (C=O) groups is 1. The Labute approximate surface area is 95.5 Å². The number of aliphatic imine (C=N–C) groups is 1. The van der Waals surface area contributed by atoms with Gasteiger partial charge in [-0.25, -0.2) is 0 Å². The Hall–Kier alpha value is -0.710. The van der Waals surface area contributed by atoms with Crippen LogP contribution < -0.4 is 5.32 Å². The van der Waals surface area contributed by atoms with Crippen LogP contribution in [0.3, 0.4) is 0 Å². The van der Waals surface area contributed by atoms with Crippen molar-refractivity contribution in [1.82, 2.24) is 10.2 Å². The Kier molecular flexibility index (Phi) is 4.94. The largest absolute Gasteiger partial charge is 0.356 e. The average Bonchev–Trinajstić information content (AvgIpc) is 2.26. The number of amidine groups is 1. The molecule has 15 heavy (non-hydrogen) atoms. The summed E-state index contributed by atoms with van der Waals surface area (Å²) in [4.78, 5) is 17.5. The lowest BCUT2D eigenvalue weighted by atomic mass is 10.2. The van der Waals surface area contributed by atoms with Crippen molar-refractivity contribution >= 4 is 22.8 Å². The molecule has 0 saturated carbocycles. The van der Waals surface area contributed by atoms with Crippen molar-refractivity contribution < 1.29 is 4.79 Å². The van der Waals surface area contributed by atoms with Gasteiger partial charge in [0.15, 0.2) is 5.17 Å². The second kappa shape index (κ2) is 6.00. The van der Waals surface area contributed by atoms with Gasteiger partial charge in [-0.2, -0.15) is 0 Å². The average molecular weight is 229 g/mol. The van der Waals surface area contributed by atoms with E-state index < -0.39 is 0 Å². The summed E-state index contributed by atoms with van der Waals surface area (Å²) >= 11 is 1.70. The monoisotopic (exact) mass is 229 g/mol. The molecule has 1 amide bonds. The molecule has 0 aromatic rings. The summed E-state index contributed by atoms with van der Waals surface area (Å²) in [6, 6.07) is 0. The minimum absolute atomic E-state index is 0.111. The van der Waals surface area contributed by atoms with E-state index in [2.05, 4.69) is 17.2 Å². The van der Waals surface area contributed by atoms with E-state index in [9.17, 15) is 4.79 Å². The molecule has 0 aliphatic carbocycles. The van der Waals surface area contributed by atoms with Crippen LogP contribution in [0.15, 0.2) is 4.99 Å². The third-order valence-electron chi connectivity index (χ3n) is 2.34. The summed E-state index contributed by atoms with van der Waals surface area (Å²) in [6.45, 7) is 6.12. The van der Waals surface area contributed by atoms with Gasteiger partial charge in [-0.1, -0.05) is 18.7 Å². The first-order chi connectivity index (χ1) is 7.13. The molecule has 1 unspecified atom stereocenters. The van der Waals surface area contributed by atoms with Gasteiger partial charge in [-0.05, 0) is 12.8 Å². The first-order valence-corrected chi connectivity index (χ1v) is 6.27. The van der Waals surface area contributed by atoms with Gasteiger partial charge in [-0.3, -0.25) is 9.79 Å². The van der Waals surface area contributed by atoms with Crippen LogP contribution in [0.1, 0.15) is 13.8 Å². The summed E-state index contributed by atoms with van der Waals surface area (Å²) in [5.41, 5.74) is 0. The van der Waals surface area contributed by atoms with Crippen molar-refractivity contribution in [3.63, 3.8) is 0 Å². The van der Waals surface area contributed by atoms with Gasteiger partial charge in [0, 0.05) is 25.9 Å². The number of hydrogen-bond donors (Lipinski definition) is 1. The van der Waals surface area contributed by atoms with Crippen LogP contribution in [0.25, 0.3) is 0 Å². The first-order valence-electron chi connectivity index (χ1n) is 5.28. The molecule has 1 N–H and O–H groups in total. The zero-order valence-electron chi connectivity index (χ0n) is 9.62. The van der Waals surface area contributed by atoms with E-state index in [-0.39, 0.29) is 5.91 Å². The maximum Gasteiger partial charge on any atom is 0.241 e. The second-order valence-electron chi connectivity index (χ2n) is 3.82. The summed E-state index contributed by atoms with van der Waals surface area (Å²) in [6.07, 6.45) is 0. The predicted molar refractivity (Wildman–Crippen MR) is 65.2 cm³/mol.